The highest BCUT2D eigenvalue weighted by Crippen LogP contribution is 2.36. The molecule has 1 saturated carbocycles. The number of hydrogen-bond acceptors (Lipinski definition) is 6. The van der Waals surface area contributed by atoms with Gasteiger partial charge in [0.25, 0.3) is 0 Å². The van der Waals surface area contributed by atoms with E-state index in [2.05, 4.69) is 16.4 Å². The van der Waals surface area contributed by atoms with Crippen LogP contribution in [0.2, 0.25) is 5.02 Å². The number of nitriles is 1. The number of sulfone groups is 1. The van der Waals surface area contributed by atoms with Crippen LogP contribution in [0.1, 0.15) is 24.8 Å². The van der Waals surface area contributed by atoms with Crippen LogP contribution in [0.15, 0.2) is 53.7 Å². The van der Waals surface area contributed by atoms with Crippen molar-refractivity contribution in [3.63, 3.8) is 0 Å². The average molecular weight is 445 g/mol. The van der Waals surface area contributed by atoms with E-state index in [9.17, 15) is 18.5 Å². The summed E-state index contributed by atoms with van der Waals surface area (Å²) in [6.45, 7) is 0.651. The maximum Gasteiger partial charge on any atom is 0.238 e. The monoisotopic (exact) mass is 444 g/mol. The van der Waals surface area contributed by atoms with Crippen molar-refractivity contribution in [3.8, 4) is 6.07 Å². The normalized spacial score (nSPS) is 22.9. The summed E-state index contributed by atoms with van der Waals surface area (Å²) < 4.78 is 26.4. The van der Waals surface area contributed by atoms with Gasteiger partial charge in [-0.15, -0.1) is 0 Å². The summed E-state index contributed by atoms with van der Waals surface area (Å²) in [5.41, 5.74) is 0.140. The van der Waals surface area contributed by atoms with Crippen LogP contribution in [-0.4, -0.2) is 47.6 Å². The highest BCUT2D eigenvalue weighted by Gasteiger charge is 2.49. The Morgan fingerprint density at radius 1 is 1.23 bits per heavy atom. The zero-order chi connectivity index (χ0) is 21.4. The van der Waals surface area contributed by atoms with Crippen LogP contribution in [0.3, 0.4) is 0 Å². The summed E-state index contributed by atoms with van der Waals surface area (Å²) >= 11 is 5.89. The van der Waals surface area contributed by atoms with Crippen LogP contribution in [0.5, 0.6) is 0 Å². The van der Waals surface area contributed by atoms with E-state index in [4.69, 9.17) is 11.6 Å². The molecule has 0 radical (unpaired) electrons. The van der Waals surface area contributed by atoms with Gasteiger partial charge in [-0.25, -0.2) is 8.42 Å². The predicted octanol–water partition coefficient (Wildman–Crippen LogP) is 2.32. The zero-order valence-electron chi connectivity index (χ0n) is 16.2. The van der Waals surface area contributed by atoms with E-state index < -0.39 is 26.7 Å². The van der Waals surface area contributed by atoms with Crippen molar-refractivity contribution in [1.29, 1.82) is 5.26 Å². The lowest BCUT2D eigenvalue weighted by molar-refractivity contribution is -0.126. The molecule has 2 aliphatic rings. The molecule has 0 bridgehead atoms. The first-order valence-corrected chi connectivity index (χ1v) is 11.6. The molecule has 1 amide bonds. The number of hydrogen-bond donors (Lipinski definition) is 1. The first-order chi connectivity index (χ1) is 14.3. The largest absolute Gasteiger partial charge is 0.336 e. The van der Waals surface area contributed by atoms with Crippen LogP contribution >= 0.6 is 11.6 Å². The molecular formula is C21H21ClN4O3S. The Balaban J connectivity index is 1.59. The molecule has 2 fully saturated rings. The summed E-state index contributed by atoms with van der Waals surface area (Å²) in [7, 11) is -3.64. The molecule has 1 N–H and O–H groups in total. The minimum Gasteiger partial charge on any atom is -0.336 e. The predicted molar refractivity (Wildman–Crippen MR) is 111 cm³/mol. The number of likely N-dealkylation sites (tertiary alicyclic amines) is 1. The molecule has 1 aliphatic heterocycles. The summed E-state index contributed by atoms with van der Waals surface area (Å²) in [6, 6.07) is 11.3. The Bertz CT molecular complexity index is 1080. The smallest absolute Gasteiger partial charge is 0.238 e. The Morgan fingerprint density at radius 3 is 2.50 bits per heavy atom. The van der Waals surface area contributed by atoms with E-state index in [0.717, 1.165) is 5.56 Å². The molecule has 9 heteroatoms. The minimum absolute atomic E-state index is 0.170. The van der Waals surface area contributed by atoms with Crippen molar-refractivity contribution in [3.05, 3.63) is 59.4 Å². The van der Waals surface area contributed by atoms with E-state index in [0.29, 0.717) is 24.4 Å². The molecule has 1 aliphatic carbocycles. The number of aromatic nitrogens is 1. The number of carbonyl (C=O) groups excluding carboxylic acids is 1. The van der Waals surface area contributed by atoms with Crippen molar-refractivity contribution >= 4 is 27.3 Å². The molecule has 0 spiro atoms. The summed E-state index contributed by atoms with van der Waals surface area (Å²) in [4.78, 5) is 19.1. The summed E-state index contributed by atoms with van der Waals surface area (Å²) in [6.07, 6.45) is 4.75. The fourth-order valence-corrected chi connectivity index (χ4v) is 5.63. The van der Waals surface area contributed by atoms with Crippen molar-refractivity contribution < 1.29 is 13.2 Å². The van der Waals surface area contributed by atoms with Gasteiger partial charge in [0, 0.05) is 30.5 Å². The van der Waals surface area contributed by atoms with Gasteiger partial charge in [-0.05, 0) is 61.2 Å². The van der Waals surface area contributed by atoms with Gasteiger partial charge in [-0.3, -0.25) is 14.7 Å². The molecular weight excluding hydrogens is 424 g/mol. The van der Waals surface area contributed by atoms with E-state index in [-0.39, 0.29) is 23.8 Å². The van der Waals surface area contributed by atoms with E-state index >= 15 is 0 Å². The number of nitrogens with one attached hydrogen (secondary N) is 1. The van der Waals surface area contributed by atoms with E-state index in [1.54, 1.807) is 24.5 Å². The topological polar surface area (TPSA) is 103 Å². The van der Waals surface area contributed by atoms with Gasteiger partial charge in [0.1, 0.15) is 5.54 Å². The van der Waals surface area contributed by atoms with E-state index in [1.807, 2.05) is 17.0 Å². The Hall–Kier alpha value is -2.47. The van der Waals surface area contributed by atoms with Crippen molar-refractivity contribution in [1.82, 2.24) is 15.2 Å². The molecule has 2 heterocycles. The maximum atomic E-state index is 13.2. The van der Waals surface area contributed by atoms with Crippen molar-refractivity contribution in [2.24, 2.45) is 0 Å². The number of amides is 1. The van der Waals surface area contributed by atoms with Crippen LogP contribution in [-0.2, 0) is 21.2 Å². The van der Waals surface area contributed by atoms with Gasteiger partial charge < -0.3 is 5.32 Å². The van der Waals surface area contributed by atoms with Gasteiger partial charge in [0.15, 0.2) is 9.84 Å². The molecule has 1 saturated heterocycles. The lowest BCUT2D eigenvalue weighted by Gasteiger charge is -2.24. The molecule has 2 atom stereocenters. The third-order valence-corrected chi connectivity index (χ3v) is 8.11. The number of pyridine rings is 1. The third-order valence-electron chi connectivity index (χ3n) is 5.71. The van der Waals surface area contributed by atoms with Gasteiger partial charge in [0.05, 0.1) is 22.3 Å². The molecule has 1 aromatic carbocycles. The number of nitrogens with zero attached hydrogens (tertiary/aromatic N) is 3. The highest BCUT2D eigenvalue weighted by molar-refractivity contribution is 7.92. The SMILES string of the molecule is N#CC1(NC(=O)[C@@H]2C[C@@H](S(=O)(=O)c3ccc(Cl)cc3)CN2Cc2ccncc2)CC1. The molecule has 4 rings (SSSR count). The first-order valence-electron chi connectivity index (χ1n) is 9.69. The van der Waals surface area contributed by atoms with Crippen LogP contribution in [0, 0.1) is 11.3 Å². The Morgan fingerprint density at radius 2 is 1.90 bits per heavy atom. The van der Waals surface area contributed by atoms with Crippen LogP contribution in [0.4, 0.5) is 0 Å². The fraction of sp³-hybridized carbons (Fsp3) is 0.381. The lowest BCUT2D eigenvalue weighted by atomic mass is 10.1. The van der Waals surface area contributed by atoms with Crippen LogP contribution < -0.4 is 5.32 Å². The van der Waals surface area contributed by atoms with Crippen molar-refractivity contribution in [2.45, 2.75) is 47.5 Å². The third kappa shape index (κ3) is 4.19. The van der Waals surface area contributed by atoms with E-state index in [1.165, 1.54) is 12.1 Å². The Kier molecular flexibility index (Phi) is 5.53. The molecule has 30 heavy (non-hydrogen) atoms. The minimum atomic E-state index is -3.64. The number of benzene rings is 1. The Labute approximate surface area is 180 Å². The zero-order valence-corrected chi connectivity index (χ0v) is 17.7. The second-order valence-corrected chi connectivity index (χ2v) is 10.5. The summed E-state index contributed by atoms with van der Waals surface area (Å²) in [5, 5.41) is 11.9. The number of rotatable bonds is 6. The number of halogens is 1. The molecule has 0 unspecified atom stereocenters. The van der Waals surface area contributed by atoms with Gasteiger partial charge in [-0.2, -0.15) is 5.26 Å². The van der Waals surface area contributed by atoms with Crippen LogP contribution in [0.25, 0.3) is 0 Å². The van der Waals surface area contributed by atoms with Gasteiger partial charge in [-0.1, -0.05) is 11.6 Å². The standard InChI is InChI=1S/C21H21ClN4O3S/c22-16-1-3-17(4-2-16)30(28,29)18-11-19(20(27)25-21(14-23)7-8-21)26(13-18)12-15-5-9-24-10-6-15/h1-6,9-10,18-19H,7-8,11-13H2,(H,25,27)/t18-,19+/m1/s1. The molecule has 156 valence electrons. The average Bonchev–Trinajstić information content (AvgIpc) is 3.38. The highest BCUT2D eigenvalue weighted by atomic mass is 35.5. The molecule has 7 nitrogen and oxygen atoms in total. The number of carbonyl (C=O) groups is 1. The maximum absolute atomic E-state index is 13.2. The summed E-state index contributed by atoms with van der Waals surface area (Å²) in [5.74, 6) is -0.295. The molecule has 1 aromatic heterocycles. The van der Waals surface area contributed by atoms with Crippen molar-refractivity contribution in [2.75, 3.05) is 6.54 Å². The second-order valence-electron chi connectivity index (χ2n) is 7.84. The van der Waals surface area contributed by atoms with Gasteiger partial charge in [0.2, 0.25) is 5.91 Å². The van der Waals surface area contributed by atoms with Gasteiger partial charge >= 0.3 is 0 Å². The quantitative estimate of drug-likeness (QED) is 0.733. The fourth-order valence-electron chi connectivity index (χ4n) is 3.78. The lowest BCUT2D eigenvalue weighted by Crippen LogP contribution is -2.47. The molecule has 2 aromatic rings. The first kappa shape index (κ1) is 20.8. The second kappa shape index (κ2) is 7.99.